The minimum Gasteiger partial charge on any atom is -0.451 e. The second-order valence-electron chi connectivity index (χ2n) is 4.01. The highest BCUT2D eigenvalue weighted by atomic mass is 19.1. The van der Waals surface area contributed by atoms with Crippen LogP contribution in [0.4, 0.5) is 8.78 Å². The van der Waals surface area contributed by atoms with Crippen molar-refractivity contribution in [2.75, 3.05) is 0 Å². The summed E-state index contributed by atoms with van der Waals surface area (Å²) < 4.78 is 32.6. The molecule has 4 heteroatoms. The molecule has 0 unspecified atom stereocenters. The maximum Gasteiger partial charge on any atom is 0.198 e. The molecule has 0 atom stereocenters. The Kier molecular flexibility index (Phi) is 3.58. The van der Waals surface area contributed by atoms with E-state index in [0.717, 1.165) is 5.56 Å². The molecule has 0 amide bonds. The van der Waals surface area contributed by atoms with Crippen molar-refractivity contribution < 1.29 is 13.5 Å². The van der Waals surface area contributed by atoms with Gasteiger partial charge in [-0.3, -0.25) is 0 Å². The zero-order chi connectivity index (χ0) is 13.1. The molecule has 2 rings (SSSR count). The summed E-state index contributed by atoms with van der Waals surface area (Å²) in [5.74, 6) is -1.51. The van der Waals surface area contributed by atoms with E-state index < -0.39 is 17.4 Å². The Hall–Kier alpha value is -1.94. The lowest BCUT2D eigenvalue weighted by atomic mass is 10.2. The topological polar surface area (TPSA) is 35.2 Å². The zero-order valence-electron chi connectivity index (χ0n) is 9.91. The summed E-state index contributed by atoms with van der Waals surface area (Å²) >= 11 is 0. The van der Waals surface area contributed by atoms with Crippen molar-refractivity contribution >= 4 is 0 Å². The highest BCUT2D eigenvalue weighted by Gasteiger charge is 2.13. The van der Waals surface area contributed by atoms with Gasteiger partial charge in [0.25, 0.3) is 0 Å². The number of nitrogens with two attached hydrogens (primary N) is 1. The third kappa shape index (κ3) is 2.65. The Morgan fingerprint density at radius 3 is 2.33 bits per heavy atom. The maximum atomic E-state index is 13.7. The van der Waals surface area contributed by atoms with Gasteiger partial charge in [0.05, 0.1) is 0 Å². The first-order valence-corrected chi connectivity index (χ1v) is 5.52. The van der Waals surface area contributed by atoms with Crippen LogP contribution < -0.4 is 10.5 Å². The predicted octanol–water partition coefficient (Wildman–Crippen LogP) is 3.52. The van der Waals surface area contributed by atoms with E-state index in [-0.39, 0.29) is 6.54 Å². The predicted molar refractivity (Wildman–Crippen MR) is 65.5 cm³/mol. The van der Waals surface area contributed by atoms with Crippen LogP contribution in [0.5, 0.6) is 11.5 Å². The summed E-state index contributed by atoms with van der Waals surface area (Å²) in [4.78, 5) is 0. The van der Waals surface area contributed by atoms with Gasteiger partial charge in [-0.15, -0.1) is 0 Å². The van der Waals surface area contributed by atoms with Crippen LogP contribution in [0.2, 0.25) is 0 Å². The van der Waals surface area contributed by atoms with Crippen LogP contribution in [0.15, 0.2) is 36.4 Å². The lowest BCUT2D eigenvalue weighted by Gasteiger charge is -2.09. The van der Waals surface area contributed by atoms with Gasteiger partial charge in [0.15, 0.2) is 17.4 Å². The summed E-state index contributed by atoms with van der Waals surface area (Å²) in [5, 5.41) is 0. The van der Waals surface area contributed by atoms with E-state index in [4.69, 9.17) is 10.5 Å². The zero-order valence-corrected chi connectivity index (χ0v) is 9.91. The number of hydrogen-bond donors (Lipinski definition) is 1. The van der Waals surface area contributed by atoms with Crippen molar-refractivity contribution in [1.82, 2.24) is 0 Å². The quantitative estimate of drug-likeness (QED) is 0.903. The van der Waals surface area contributed by atoms with Gasteiger partial charge in [0.2, 0.25) is 0 Å². The summed E-state index contributed by atoms with van der Waals surface area (Å²) in [6.07, 6.45) is 0. The normalized spacial score (nSPS) is 10.4. The molecule has 0 aromatic heterocycles. The average molecular weight is 249 g/mol. The number of rotatable bonds is 3. The van der Waals surface area contributed by atoms with Crippen molar-refractivity contribution in [1.29, 1.82) is 0 Å². The summed E-state index contributed by atoms with van der Waals surface area (Å²) in [6.45, 7) is 1.95. The minimum absolute atomic E-state index is 0.0819. The van der Waals surface area contributed by atoms with Crippen LogP contribution in [0, 0.1) is 18.6 Å². The Morgan fingerprint density at radius 1 is 1.11 bits per heavy atom. The van der Waals surface area contributed by atoms with Gasteiger partial charge in [-0.05, 0) is 42.3 Å². The van der Waals surface area contributed by atoms with Crippen molar-refractivity contribution in [3.63, 3.8) is 0 Å². The maximum absolute atomic E-state index is 13.7. The Labute approximate surface area is 104 Å². The molecule has 18 heavy (non-hydrogen) atoms. The molecule has 2 N–H and O–H groups in total. The highest BCUT2D eigenvalue weighted by Crippen LogP contribution is 2.28. The van der Waals surface area contributed by atoms with Crippen molar-refractivity contribution in [2.24, 2.45) is 5.73 Å². The summed E-state index contributed by atoms with van der Waals surface area (Å²) in [5.41, 5.74) is 6.68. The van der Waals surface area contributed by atoms with Crippen LogP contribution in [0.1, 0.15) is 11.1 Å². The summed E-state index contributed by atoms with van der Waals surface area (Å²) in [7, 11) is 0. The monoisotopic (exact) mass is 249 g/mol. The fourth-order valence-electron chi connectivity index (χ4n) is 1.62. The fourth-order valence-corrected chi connectivity index (χ4v) is 1.62. The van der Waals surface area contributed by atoms with Crippen LogP contribution in [-0.4, -0.2) is 0 Å². The van der Waals surface area contributed by atoms with Crippen LogP contribution in [0.3, 0.4) is 0 Å². The number of hydrogen-bond acceptors (Lipinski definition) is 2. The molecule has 0 bridgehead atoms. The molecule has 0 aliphatic heterocycles. The van der Waals surface area contributed by atoms with Gasteiger partial charge in [-0.2, -0.15) is 0 Å². The number of aryl methyl sites for hydroxylation is 1. The molecule has 0 radical (unpaired) electrons. The standard InChI is InChI=1S/C14H13F2NO/c1-9-3-2-4-11(5-9)18-14-12(15)6-10(8-17)7-13(14)16/h2-7H,8,17H2,1H3. The molecule has 2 nitrogen and oxygen atoms in total. The number of ether oxygens (including phenoxy) is 1. The average Bonchev–Trinajstić information content (AvgIpc) is 2.33. The van der Waals surface area contributed by atoms with Crippen molar-refractivity contribution in [3.8, 4) is 11.5 Å². The molecule has 2 aromatic carbocycles. The van der Waals surface area contributed by atoms with Gasteiger partial charge < -0.3 is 10.5 Å². The molecule has 0 spiro atoms. The van der Waals surface area contributed by atoms with E-state index in [1.165, 1.54) is 12.1 Å². The second kappa shape index (κ2) is 5.14. The summed E-state index contributed by atoms with van der Waals surface area (Å²) in [6, 6.07) is 9.33. The largest absolute Gasteiger partial charge is 0.451 e. The Morgan fingerprint density at radius 2 is 1.78 bits per heavy atom. The second-order valence-corrected chi connectivity index (χ2v) is 4.01. The molecular weight excluding hydrogens is 236 g/mol. The molecule has 2 aromatic rings. The molecule has 0 fully saturated rings. The van der Waals surface area contributed by atoms with Gasteiger partial charge in [-0.1, -0.05) is 12.1 Å². The third-order valence-corrected chi connectivity index (χ3v) is 2.50. The first-order chi connectivity index (χ1) is 8.60. The van der Waals surface area contributed by atoms with E-state index >= 15 is 0 Å². The van der Waals surface area contributed by atoms with Gasteiger partial charge in [0.1, 0.15) is 5.75 Å². The third-order valence-electron chi connectivity index (χ3n) is 2.50. The van der Waals surface area contributed by atoms with E-state index in [2.05, 4.69) is 0 Å². The molecule has 0 aliphatic rings. The molecule has 0 aliphatic carbocycles. The van der Waals surface area contributed by atoms with Crippen LogP contribution >= 0.6 is 0 Å². The molecule has 0 saturated carbocycles. The molecule has 0 heterocycles. The molecule has 94 valence electrons. The SMILES string of the molecule is Cc1cccc(Oc2c(F)cc(CN)cc2F)c1. The van der Waals surface area contributed by atoms with E-state index in [1.54, 1.807) is 18.2 Å². The van der Waals surface area contributed by atoms with Crippen LogP contribution in [0.25, 0.3) is 0 Å². The Balaban J connectivity index is 2.35. The molecular formula is C14H13F2NO. The lowest BCUT2D eigenvalue weighted by Crippen LogP contribution is -2.00. The first kappa shape index (κ1) is 12.5. The van der Waals surface area contributed by atoms with Gasteiger partial charge in [-0.25, -0.2) is 8.78 Å². The van der Waals surface area contributed by atoms with E-state index in [0.29, 0.717) is 11.3 Å². The van der Waals surface area contributed by atoms with Gasteiger partial charge in [0, 0.05) is 6.54 Å². The van der Waals surface area contributed by atoms with Crippen molar-refractivity contribution in [2.45, 2.75) is 13.5 Å². The lowest BCUT2D eigenvalue weighted by molar-refractivity contribution is 0.406. The fraction of sp³-hybridized carbons (Fsp3) is 0.143. The van der Waals surface area contributed by atoms with Gasteiger partial charge >= 0.3 is 0 Å². The Bertz CT molecular complexity index is 546. The number of benzene rings is 2. The molecule has 0 saturated heterocycles. The minimum atomic E-state index is -0.753. The van der Waals surface area contributed by atoms with Crippen LogP contribution in [-0.2, 0) is 6.54 Å². The van der Waals surface area contributed by atoms with E-state index in [9.17, 15) is 8.78 Å². The van der Waals surface area contributed by atoms with Crippen molar-refractivity contribution in [3.05, 3.63) is 59.2 Å². The smallest absolute Gasteiger partial charge is 0.198 e. The van der Waals surface area contributed by atoms with E-state index in [1.807, 2.05) is 13.0 Å². The number of halogens is 2. The highest BCUT2D eigenvalue weighted by molar-refractivity contribution is 5.37. The first-order valence-electron chi connectivity index (χ1n) is 5.52.